The number of hydrogen-bond donors (Lipinski definition) is 1. The van der Waals surface area contributed by atoms with Crippen molar-refractivity contribution in [2.45, 2.75) is 25.8 Å². The van der Waals surface area contributed by atoms with Gasteiger partial charge in [0, 0.05) is 31.3 Å². The van der Waals surface area contributed by atoms with E-state index in [1.54, 1.807) is 36.4 Å². The van der Waals surface area contributed by atoms with Gasteiger partial charge in [-0.3, -0.25) is 24.3 Å². The number of carbonyl (C=O) groups excluding carboxylic acids is 2. The number of benzene rings is 3. The Balaban J connectivity index is 0.000000168. The quantitative estimate of drug-likeness (QED) is 0.0997. The number of nitrogens with zero attached hydrogens (tertiary/aromatic N) is 4. The Labute approximate surface area is 271 Å². The van der Waals surface area contributed by atoms with Gasteiger partial charge in [-0.25, -0.2) is 9.78 Å². The Morgan fingerprint density at radius 3 is 2.64 bits per heavy atom. The Bertz CT molecular complexity index is 2070. The molecular formula is C33H29N5O8S. The number of non-ortho nitro benzene ring substituents is 1. The number of allylic oxidation sites excluding steroid dienone is 2. The van der Waals surface area contributed by atoms with Gasteiger partial charge in [0.15, 0.2) is 22.2 Å². The van der Waals surface area contributed by atoms with Crippen LogP contribution in [0, 0.1) is 10.1 Å². The van der Waals surface area contributed by atoms with E-state index in [-0.39, 0.29) is 24.9 Å². The molecule has 0 aliphatic carbocycles. The topological polar surface area (TPSA) is 159 Å². The number of aromatic nitrogens is 2. The lowest BCUT2D eigenvalue weighted by atomic mass is 10.1. The number of para-hydroxylation sites is 2. The number of anilines is 1. The van der Waals surface area contributed by atoms with Crippen LogP contribution in [0.1, 0.15) is 24.8 Å². The normalized spacial score (nSPS) is 14.1. The number of fused-ring (bicyclic) bond motifs is 3. The van der Waals surface area contributed by atoms with Gasteiger partial charge >= 0.3 is 5.76 Å². The molecule has 0 unspecified atom stereocenters. The Hall–Kier alpha value is -5.76. The van der Waals surface area contributed by atoms with Crippen molar-refractivity contribution in [1.82, 2.24) is 14.5 Å². The van der Waals surface area contributed by atoms with Crippen LogP contribution in [0.5, 0.6) is 11.5 Å². The van der Waals surface area contributed by atoms with Crippen molar-refractivity contribution < 1.29 is 28.4 Å². The van der Waals surface area contributed by atoms with Gasteiger partial charge in [0.1, 0.15) is 6.54 Å². The highest BCUT2D eigenvalue weighted by Crippen LogP contribution is 2.33. The molecule has 13 nitrogen and oxygen atoms in total. The second-order valence-corrected chi connectivity index (χ2v) is 11.6. The van der Waals surface area contributed by atoms with E-state index in [0.717, 1.165) is 54.3 Å². The van der Waals surface area contributed by atoms with Crippen molar-refractivity contribution in [3.8, 4) is 11.5 Å². The van der Waals surface area contributed by atoms with Gasteiger partial charge in [0.25, 0.3) is 5.69 Å². The first-order chi connectivity index (χ1) is 22.8. The van der Waals surface area contributed by atoms with Crippen molar-refractivity contribution in [2.75, 3.05) is 25.2 Å². The lowest BCUT2D eigenvalue weighted by Gasteiger charge is -2.25. The van der Waals surface area contributed by atoms with Gasteiger partial charge in [-0.2, -0.15) is 0 Å². The number of amides is 2. The fourth-order valence-corrected chi connectivity index (χ4v) is 6.00. The van der Waals surface area contributed by atoms with Gasteiger partial charge < -0.3 is 24.1 Å². The number of ether oxygens (including phenoxy) is 2. The number of oxazole rings is 1. The van der Waals surface area contributed by atoms with E-state index < -0.39 is 16.6 Å². The standard InChI is InChI=1S/C17H19NO3.C16H10N4O5S/c19-17(18-10-4-1-5-11-18)7-3-2-6-14-8-9-15-16(12-14)21-13-20-15;21-14(8-19-11-3-1-2-4-12(11)25-16(19)22)18-15-17-10-6-5-9(20(23)24)7-13(10)26-15/h2-3,6-9,12H,1,4-5,10-11,13H2;1-7H,8H2,(H,17,18,21). The third kappa shape index (κ3) is 7.56. The average Bonchev–Trinajstić information content (AvgIpc) is 3.79. The Kier molecular flexibility index (Phi) is 9.38. The molecular weight excluding hydrogens is 626 g/mol. The smallest absolute Gasteiger partial charge is 0.420 e. The number of carbonyl (C=O) groups is 2. The van der Waals surface area contributed by atoms with Crippen molar-refractivity contribution in [3.63, 3.8) is 0 Å². The molecule has 1 fully saturated rings. The van der Waals surface area contributed by atoms with E-state index in [4.69, 9.17) is 13.9 Å². The maximum Gasteiger partial charge on any atom is 0.420 e. The molecule has 0 bridgehead atoms. The van der Waals surface area contributed by atoms with Crippen LogP contribution in [0.15, 0.2) is 88.1 Å². The number of nitrogens with one attached hydrogen (secondary N) is 1. The second kappa shape index (κ2) is 14.1. The van der Waals surface area contributed by atoms with Crippen LogP contribution in [0.2, 0.25) is 0 Å². The fraction of sp³-hybridized carbons (Fsp3) is 0.212. The predicted octanol–water partition coefficient (Wildman–Crippen LogP) is 5.75. The number of hydrogen-bond acceptors (Lipinski definition) is 10. The zero-order valence-electron chi connectivity index (χ0n) is 25.0. The van der Waals surface area contributed by atoms with E-state index in [1.165, 1.54) is 29.2 Å². The summed E-state index contributed by atoms with van der Waals surface area (Å²) in [6.07, 6.45) is 10.7. The highest BCUT2D eigenvalue weighted by atomic mass is 32.1. The van der Waals surface area contributed by atoms with Gasteiger partial charge in [-0.15, -0.1) is 0 Å². The molecule has 0 radical (unpaired) electrons. The Morgan fingerprint density at radius 1 is 1.00 bits per heavy atom. The maximum absolute atomic E-state index is 12.3. The number of nitro benzene ring substituents is 1. The van der Waals surface area contributed by atoms with Crippen molar-refractivity contribution in [3.05, 3.63) is 105 Å². The number of rotatable bonds is 7. The van der Waals surface area contributed by atoms with Crippen LogP contribution < -0.4 is 20.5 Å². The molecule has 5 aromatic rings. The Morgan fingerprint density at radius 2 is 1.81 bits per heavy atom. The summed E-state index contributed by atoms with van der Waals surface area (Å²) in [6, 6.07) is 16.9. The van der Waals surface area contributed by atoms with Crippen LogP contribution in [-0.4, -0.2) is 51.1 Å². The summed E-state index contributed by atoms with van der Waals surface area (Å²) >= 11 is 1.12. The first-order valence-electron chi connectivity index (χ1n) is 14.8. The molecule has 0 spiro atoms. The van der Waals surface area contributed by atoms with Gasteiger partial charge in [0.05, 0.1) is 20.7 Å². The van der Waals surface area contributed by atoms with Gasteiger partial charge in [0.2, 0.25) is 18.6 Å². The number of likely N-dealkylation sites (tertiary alicyclic amines) is 1. The molecule has 14 heteroatoms. The molecule has 2 aliphatic rings. The number of nitro groups is 1. The third-order valence-corrected chi connectivity index (χ3v) is 8.34. The molecule has 1 saturated heterocycles. The fourth-order valence-electron chi connectivity index (χ4n) is 5.09. The molecule has 1 N–H and O–H groups in total. The van der Waals surface area contributed by atoms with Crippen LogP contribution >= 0.6 is 11.3 Å². The lowest BCUT2D eigenvalue weighted by Crippen LogP contribution is -2.34. The lowest BCUT2D eigenvalue weighted by molar-refractivity contribution is -0.384. The highest BCUT2D eigenvalue weighted by molar-refractivity contribution is 7.22. The minimum atomic E-state index is -0.624. The summed E-state index contributed by atoms with van der Waals surface area (Å²) in [7, 11) is 0. The zero-order valence-corrected chi connectivity index (χ0v) is 25.8. The second-order valence-electron chi connectivity index (χ2n) is 10.6. The monoisotopic (exact) mass is 655 g/mol. The van der Waals surface area contributed by atoms with E-state index in [0.29, 0.717) is 26.4 Å². The van der Waals surface area contributed by atoms with Crippen LogP contribution in [0.4, 0.5) is 10.8 Å². The summed E-state index contributed by atoms with van der Waals surface area (Å²) in [5.41, 5.74) is 2.44. The molecule has 47 heavy (non-hydrogen) atoms. The molecule has 2 aromatic heterocycles. The maximum atomic E-state index is 12.3. The molecule has 7 rings (SSSR count). The molecule has 2 amide bonds. The van der Waals surface area contributed by atoms with E-state index in [9.17, 15) is 24.5 Å². The highest BCUT2D eigenvalue weighted by Gasteiger charge is 2.16. The van der Waals surface area contributed by atoms with E-state index in [1.807, 2.05) is 35.3 Å². The van der Waals surface area contributed by atoms with Crippen molar-refractivity contribution >= 4 is 61.4 Å². The molecule has 3 aromatic carbocycles. The summed E-state index contributed by atoms with van der Waals surface area (Å²) < 4.78 is 17.5. The van der Waals surface area contributed by atoms with Crippen LogP contribution in [0.25, 0.3) is 27.4 Å². The summed E-state index contributed by atoms with van der Waals surface area (Å²) in [6.45, 7) is 1.82. The van der Waals surface area contributed by atoms with Crippen LogP contribution in [-0.2, 0) is 16.1 Å². The first-order valence-corrected chi connectivity index (χ1v) is 15.6. The molecule has 0 saturated carbocycles. The average molecular weight is 656 g/mol. The summed E-state index contributed by atoms with van der Waals surface area (Å²) in [4.78, 5) is 52.6. The summed E-state index contributed by atoms with van der Waals surface area (Å²) in [5.74, 6) is 0.576. The largest absolute Gasteiger partial charge is 0.454 e. The van der Waals surface area contributed by atoms with Crippen LogP contribution in [0.3, 0.4) is 0 Å². The SMILES string of the molecule is O=C(C=CC=Cc1ccc2c(c1)OCO2)N1CCCCC1.O=C(Cn1c(=O)oc2ccccc21)Nc1nc2ccc([N+](=O)[O-])cc2s1. The van der Waals surface area contributed by atoms with E-state index >= 15 is 0 Å². The number of piperidine rings is 1. The van der Waals surface area contributed by atoms with Gasteiger partial charge in [-0.05, 0) is 55.2 Å². The summed E-state index contributed by atoms with van der Waals surface area (Å²) in [5, 5.41) is 13.7. The van der Waals surface area contributed by atoms with E-state index in [2.05, 4.69) is 10.3 Å². The van der Waals surface area contributed by atoms with Crippen molar-refractivity contribution in [2.24, 2.45) is 0 Å². The molecule has 4 heterocycles. The van der Waals surface area contributed by atoms with Gasteiger partial charge in [-0.1, -0.05) is 47.8 Å². The predicted molar refractivity (Wildman–Crippen MR) is 177 cm³/mol. The molecule has 240 valence electrons. The number of thiazole rings is 1. The third-order valence-electron chi connectivity index (χ3n) is 7.41. The minimum Gasteiger partial charge on any atom is -0.454 e. The first kappa shape index (κ1) is 31.2. The molecule has 2 aliphatic heterocycles. The zero-order chi connectivity index (χ0) is 32.8. The van der Waals surface area contributed by atoms with Crippen molar-refractivity contribution in [1.29, 1.82) is 0 Å². The molecule has 0 atom stereocenters. The minimum absolute atomic E-state index is 0.0459.